The van der Waals surface area contributed by atoms with Crippen molar-refractivity contribution in [3.05, 3.63) is 101 Å². The van der Waals surface area contributed by atoms with E-state index in [2.05, 4.69) is 124 Å². The Kier molecular flexibility index (Phi) is 13.9. The second kappa shape index (κ2) is 20.0. The topological polar surface area (TPSA) is 148 Å². The van der Waals surface area contributed by atoms with E-state index in [1.807, 2.05) is 45.0 Å². The number of aromatic nitrogens is 8. The lowest BCUT2D eigenvalue weighted by atomic mass is 9.87. The number of likely N-dealkylation sites (tertiary alicyclic amines) is 2. The Morgan fingerprint density at radius 3 is 1.61 bits per heavy atom. The molecule has 368 valence electrons. The smallest absolute Gasteiger partial charge is 0.236 e. The predicted octanol–water partition coefficient (Wildman–Crippen LogP) is 9.16. The minimum Gasteiger partial charge on any atom is -0.493 e. The number of carbonyl (C=O) groups excluding carboxylic acids is 2. The lowest BCUT2D eigenvalue weighted by Gasteiger charge is -2.32. The summed E-state index contributed by atoms with van der Waals surface area (Å²) >= 11 is 0. The quantitative estimate of drug-likeness (QED) is 0.130. The fourth-order valence-corrected chi connectivity index (χ4v) is 10.8. The highest BCUT2D eigenvalue weighted by molar-refractivity contribution is 5.94. The van der Waals surface area contributed by atoms with E-state index in [0.717, 1.165) is 79.8 Å². The number of amides is 2. The minimum atomic E-state index is 0.173. The molecule has 8 aromatic rings. The molecule has 0 radical (unpaired) electrons. The van der Waals surface area contributed by atoms with Gasteiger partial charge in [-0.1, -0.05) is 39.8 Å². The number of pyridine rings is 2. The first-order chi connectivity index (χ1) is 33.6. The van der Waals surface area contributed by atoms with Crippen molar-refractivity contribution in [1.29, 1.82) is 0 Å². The molecule has 2 aliphatic heterocycles. The van der Waals surface area contributed by atoms with E-state index in [1.165, 1.54) is 55.4 Å². The van der Waals surface area contributed by atoms with E-state index in [4.69, 9.17) is 4.74 Å². The number of H-pyrrole nitrogens is 2. The van der Waals surface area contributed by atoms with Gasteiger partial charge in [-0.3, -0.25) is 19.4 Å². The third-order valence-corrected chi connectivity index (χ3v) is 15.0. The third kappa shape index (κ3) is 9.53. The molecular weight excluding hydrogens is 877 g/mol. The summed E-state index contributed by atoms with van der Waals surface area (Å²) in [7, 11) is 8.96. The van der Waals surface area contributed by atoms with Crippen molar-refractivity contribution in [3.8, 4) is 28.3 Å². The van der Waals surface area contributed by atoms with Crippen LogP contribution in [0, 0.1) is 13.8 Å². The maximum absolute atomic E-state index is 12.1. The van der Waals surface area contributed by atoms with Crippen LogP contribution in [-0.4, -0.2) is 145 Å². The molecule has 2 fully saturated rings. The number of methoxy groups -OCH3 is 1. The van der Waals surface area contributed by atoms with E-state index >= 15 is 0 Å². The minimum absolute atomic E-state index is 0.173. The largest absolute Gasteiger partial charge is 0.493 e. The first-order valence-corrected chi connectivity index (χ1v) is 24.9. The molecule has 0 saturated carbocycles. The number of likely N-dealkylation sites (N-methyl/N-ethyl adjacent to an activating group) is 2. The summed E-state index contributed by atoms with van der Waals surface area (Å²) in [4.78, 5) is 48.3. The zero-order valence-corrected chi connectivity index (χ0v) is 42.9. The Hall–Kier alpha value is -6.58. The van der Waals surface area contributed by atoms with Crippen LogP contribution in [0.2, 0.25) is 0 Å². The average Bonchev–Trinajstić information content (AvgIpc) is 4.17. The zero-order chi connectivity index (χ0) is 49.5. The number of aromatic amines is 2. The summed E-state index contributed by atoms with van der Waals surface area (Å²) in [6.45, 7) is 18.2. The molecule has 0 aliphatic carbocycles. The van der Waals surface area contributed by atoms with Gasteiger partial charge in [0.1, 0.15) is 12.7 Å². The van der Waals surface area contributed by atoms with E-state index in [9.17, 15) is 9.59 Å². The van der Waals surface area contributed by atoms with Gasteiger partial charge in [0.15, 0.2) is 17.0 Å². The van der Waals surface area contributed by atoms with Crippen LogP contribution in [0.25, 0.3) is 55.6 Å². The molecule has 2 aromatic carbocycles. The van der Waals surface area contributed by atoms with Crippen molar-refractivity contribution < 1.29 is 14.3 Å². The van der Waals surface area contributed by atoms with Crippen LogP contribution in [0.4, 0.5) is 0 Å². The van der Waals surface area contributed by atoms with Crippen LogP contribution < -0.4 is 4.74 Å². The van der Waals surface area contributed by atoms with Gasteiger partial charge in [0.25, 0.3) is 0 Å². The molecule has 0 bridgehead atoms. The van der Waals surface area contributed by atoms with Gasteiger partial charge >= 0.3 is 0 Å². The van der Waals surface area contributed by atoms with Gasteiger partial charge < -0.3 is 24.5 Å². The van der Waals surface area contributed by atoms with Gasteiger partial charge in [0.05, 0.1) is 31.6 Å². The van der Waals surface area contributed by atoms with E-state index in [0.29, 0.717) is 48.2 Å². The number of piperidine rings is 2. The van der Waals surface area contributed by atoms with E-state index in [-0.39, 0.29) is 11.8 Å². The van der Waals surface area contributed by atoms with Gasteiger partial charge in [-0.05, 0) is 153 Å². The predicted molar refractivity (Wildman–Crippen MR) is 279 cm³/mol. The summed E-state index contributed by atoms with van der Waals surface area (Å²) in [6.07, 6.45) is 11.6. The number of aryl methyl sites for hydroxylation is 1. The maximum atomic E-state index is 12.1. The molecule has 2 aliphatic rings. The first-order valence-electron chi connectivity index (χ1n) is 24.9. The number of hydrogen-bond acceptors (Lipinski definition) is 9. The number of nitrogens with zero attached hydrogens (tertiary/aromatic N) is 10. The maximum Gasteiger partial charge on any atom is 0.236 e. The normalized spacial score (nSPS) is 15.4. The van der Waals surface area contributed by atoms with Gasteiger partial charge in [-0.25, -0.2) is 19.0 Å². The SMILES string of the molecule is COc1cc(-c2[nH]c3ccc(C4CCN(CC(=O)N(C)C)CC4)cc3c2C(C)C)cn2ncnc12.Cc1c(-c2[nH]c3ccc(C4CCN(CC(=O)N(C)C)CC4)cc3c2C(C)C)cn2ncnc2c1C. The van der Waals surface area contributed by atoms with Gasteiger partial charge in [-0.15, -0.1) is 0 Å². The summed E-state index contributed by atoms with van der Waals surface area (Å²) in [6, 6.07) is 15.8. The van der Waals surface area contributed by atoms with Crippen molar-refractivity contribution in [2.45, 2.75) is 90.9 Å². The number of benzene rings is 2. The molecule has 2 N–H and O–H groups in total. The number of fused-ring (bicyclic) bond motifs is 4. The van der Waals surface area contributed by atoms with Crippen LogP contribution in [0.5, 0.6) is 5.75 Å². The van der Waals surface area contributed by atoms with Crippen LogP contribution in [-0.2, 0) is 9.59 Å². The standard InChI is InChI=1S/C28H36N6O.C27H34N6O2/c1-17(2)26-22-13-21(20-9-11-33(12-10-20)15-25(35)32(5)6)7-8-24(22)31-27(26)23-14-34-28(29-16-30-34)19(4)18(23)3;1-17(2)25-21-12-19(18-8-10-32(11-9-18)15-24(34)31(3)4)6-7-22(21)30-26(25)20-13-23(35-5)27-28-16-29-33(27)14-20/h7-8,13-14,16-17,20,31H,9-12,15H2,1-6H3;6-7,12-14,16-18,30H,8-11,15H2,1-5H3. The van der Waals surface area contributed by atoms with Gasteiger partial charge in [-0.2, -0.15) is 10.2 Å². The summed E-state index contributed by atoms with van der Waals surface area (Å²) in [5, 5.41) is 11.3. The van der Waals surface area contributed by atoms with Crippen molar-refractivity contribution >= 4 is 44.9 Å². The first kappa shape index (κ1) is 48.4. The number of rotatable bonds is 11. The highest BCUT2D eigenvalue weighted by atomic mass is 16.5. The van der Waals surface area contributed by atoms with Gasteiger partial charge in [0.2, 0.25) is 11.8 Å². The lowest BCUT2D eigenvalue weighted by molar-refractivity contribution is -0.130. The third-order valence-electron chi connectivity index (χ3n) is 15.0. The van der Waals surface area contributed by atoms with E-state index < -0.39 is 0 Å². The molecule has 15 nitrogen and oxygen atoms in total. The number of nitrogens with one attached hydrogen (secondary N) is 2. The van der Waals surface area contributed by atoms with Gasteiger partial charge in [0, 0.05) is 73.5 Å². The second-order valence-electron chi connectivity index (χ2n) is 20.6. The number of ether oxygens (including phenoxy) is 1. The summed E-state index contributed by atoms with van der Waals surface area (Å²) in [5.41, 5.74) is 16.3. The molecule has 0 unspecified atom stereocenters. The molecule has 8 heterocycles. The fourth-order valence-electron chi connectivity index (χ4n) is 10.8. The lowest BCUT2D eigenvalue weighted by Crippen LogP contribution is -2.40. The van der Waals surface area contributed by atoms with Crippen molar-refractivity contribution in [3.63, 3.8) is 0 Å². The molecule has 10 rings (SSSR count). The fraction of sp³-hybridized carbons (Fsp3) is 0.455. The zero-order valence-electron chi connectivity index (χ0n) is 42.9. The highest BCUT2D eigenvalue weighted by Gasteiger charge is 2.27. The van der Waals surface area contributed by atoms with Crippen LogP contribution >= 0.6 is 0 Å². The molecule has 70 heavy (non-hydrogen) atoms. The molecule has 6 aromatic heterocycles. The van der Waals surface area contributed by atoms with Crippen molar-refractivity contribution in [2.75, 3.05) is 74.6 Å². The number of hydrogen-bond donors (Lipinski definition) is 2. The Morgan fingerprint density at radius 2 is 1.13 bits per heavy atom. The second-order valence-corrected chi connectivity index (χ2v) is 20.6. The van der Waals surface area contributed by atoms with Crippen LogP contribution in [0.1, 0.15) is 110 Å². The molecule has 15 heteroatoms. The molecule has 2 saturated heterocycles. The highest BCUT2D eigenvalue weighted by Crippen LogP contribution is 2.42. The molecule has 0 atom stereocenters. The number of carbonyl (C=O) groups is 2. The molecular formula is C55H70N12O3. The average molecular weight is 947 g/mol. The van der Waals surface area contributed by atoms with Crippen molar-refractivity contribution in [2.24, 2.45) is 0 Å². The Bertz CT molecular complexity index is 3170. The Morgan fingerprint density at radius 1 is 0.657 bits per heavy atom. The van der Waals surface area contributed by atoms with Crippen LogP contribution in [0.15, 0.2) is 67.5 Å². The Balaban J connectivity index is 0.000000174. The summed E-state index contributed by atoms with van der Waals surface area (Å²) in [5.74, 6) is 2.81. The van der Waals surface area contributed by atoms with Crippen LogP contribution in [0.3, 0.4) is 0 Å². The van der Waals surface area contributed by atoms with E-state index in [1.54, 1.807) is 34.1 Å². The summed E-state index contributed by atoms with van der Waals surface area (Å²) < 4.78 is 9.25. The molecule has 0 spiro atoms. The molecule has 2 amide bonds. The monoisotopic (exact) mass is 947 g/mol. The van der Waals surface area contributed by atoms with Crippen molar-refractivity contribution in [1.82, 2.24) is 58.8 Å². The Labute approximate surface area is 411 Å².